The van der Waals surface area contributed by atoms with Crippen molar-refractivity contribution in [3.8, 4) is 11.4 Å². The number of thiocarbonyl (C=S) groups is 1. The molecule has 0 bridgehead atoms. The van der Waals surface area contributed by atoms with Crippen molar-refractivity contribution >= 4 is 23.0 Å². The molecule has 0 amide bonds. The lowest BCUT2D eigenvalue weighted by atomic mass is 10.2. The summed E-state index contributed by atoms with van der Waals surface area (Å²) in [5, 5.41) is 6.43. The van der Waals surface area contributed by atoms with Gasteiger partial charge in [0, 0.05) is 30.1 Å². The molecule has 0 aliphatic heterocycles. The summed E-state index contributed by atoms with van der Waals surface area (Å²) in [6.45, 7) is 1.97. The molecule has 1 aromatic carbocycles. The number of nitrogens with one attached hydrogen (secondary N) is 3. The van der Waals surface area contributed by atoms with Gasteiger partial charge in [0.15, 0.2) is 5.11 Å². The normalized spacial score (nSPS) is 10.1. The van der Waals surface area contributed by atoms with Crippen molar-refractivity contribution in [2.45, 2.75) is 13.3 Å². The number of aromatic nitrogens is 2. The zero-order valence-corrected chi connectivity index (χ0v) is 12.2. The number of hydrogen-bond acceptors (Lipinski definition) is 3. The summed E-state index contributed by atoms with van der Waals surface area (Å²) >= 11 is 5.06. The Hall–Kier alpha value is -2.21. The molecule has 6 heteroatoms. The maximum Gasteiger partial charge on any atom is 0.251 e. The molecule has 0 fully saturated rings. The Morgan fingerprint density at radius 3 is 2.90 bits per heavy atom. The fraction of sp³-hybridized carbons (Fsp3) is 0.214. The Morgan fingerprint density at radius 1 is 1.40 bits per heavy atom. The second kappa shape index (κ2) is 6.29. The van der Waals surface area contributed by atoms with Gasteiger partial charge in [-0.2, -0.15) is 0 Å². The summed E-state index contributed by atoms with van der Waals surface area (Å²) in [5.74, 6) is 0.563. The second-order valence-corrected chi connectivity index (χ2v) is 4.63. The molecule has 3 N–H and O–H groups in total. The van der Waals surface area contributed by atoms with Crippen LogP contribution in [0.15, 0.2) is 35.1 Å². The molecular formula is C14H16N4OS. The molecule has 0 aliphatic carbocycles. The van der Waals surface area contributed by atoms with Crippen molar-refractivity contribution in [1.29, 1.82) is 0 Å². The fourth-order valence-corrected chi connectivity index (χ4v) is 1.88. The van der Waals surface area contributed by atoms with Crippen molar-refractivity contribution in [3.63, 3.8) is 0 Å². The smallest absolute Gasteiger partial charge is 0.251 e. The van der Waals surface area contributed by atoms with E-state index < -0.39 is 0 Å². The van der Waals surface area contributed by atoms with Gasteiger partial charge in [-0.05, 0) is 30.8 Å². The largest absolute Gasteiger partial charge is 0.366 e. The number of aromatic amines is 1. The summed E-state index contributed by atoms with van der Waals surface area (Å²) in [6.07, 6.45) is 0.721. The Kier molecular flexibility index (Phi) is 4.47. The molecule has 0 saturated heterocycles. The lowest BCUT2D eigenvalue weighted by Gasteiger charge is -2.09. The van der Waals surface area contributed by atoms with Crippen molar-refractivity contribution in [1.82, 2.24) is 15.3 Å². The van der Waals surface area contributed by atoms with Gasteiger partial charge in [-0.1, -0.05) is 19.1 Å². The van der Waals surface area contributed by atoms with Crippen LogP contribution in [0.4, 0.5) is 5.69 Å². The Balaban J connectivity index is 2.38. The predicted octanol–water partition coefficient (Wildman–Crippen LogP) is 1.92. The summed E-state index contributed by atoms with van der Waals surface area (Å²) in [7, 11) is 1.75. The molecule has 1 aromatic heterocycles. The summed E-state index contributed by atoms with van der Waals surface area (Å²) in [6, 6.07) is 9.08. The second-order valence-electron chi connectivity index (χ2n) is 4.22. The van der Waals surface area contributed by atoms with E-state index in [0.29, 0.717) is 10.9 Å². The van der Waals surface area contributed by atoms with Crippen molar-refractivity contribution in [3.05, 3.63) is 46.4 Å². The highest BCUT2D eigenvalue weighted by atomic mass is 32.1. The van der Waals surface area contributed by atoms with Gasteiger partial charge in [0.1, 0.15) is 5.82 Å². The van der Waals surface area contributed by atoms with Crippen LogP contribution in [-0.2, 0) is 6.42 Å². The minimum absolute atomic E-state index is 0.143. The summed E-state index contributed by atoms with van der Waals surface area (Å²) < 4.78 is 0. The predicted molar refractivity (Wildman–Crippen MR) is 85.0 cm³/mol. The number of aryl methyl sites for hydroxylation is 1. The van der Waals surface area contributed by atoms with Crippen LogP contribution in [0.1, 0.15) is 12.6 Å². The van der Waals surface area contributed by atoms with E-state index in [1.54, 1.807) is 7.05 Å². The summed E-state index contributed by atoms with van der Waals surface area (Å²) in [5.41, 5.74) is 2.30. The average Bonchev–Trinajstić information content (AvgIpc) is 2.46. The first-order valence-corrected chi connectivity index (χ1v) is 6.72. The van der Waals surface area contributed by atoms with Gasteiger partial charge < -0.3 is 15.6 Å². The Labute approximate surface area is 122 Å². The van der Waals surface area contributed by atoms with E-state index in [1.165, 1.54) is 6.07 Å². The van der Waals surface area contributed by atoms with E-state index in [0.717, 1.165) is 23.4 Å². The first kappa shape index (κ1) is 14.2. The first-order valence-electron chi connectivity index (χ1n) is 6.31. The molecule has 0 saturated carbocycles. The topological polar surface area (TPSA) is 69.8 Å². The average molecular weight is 288 g/mol. The molecule has 0 aliphatic rings. The third kappa shape index (κ3) is 3.42. The van der Waals surface area contributed by atoms with Crippen LogP contribution in [-0.4, -0.2) is 22.1 Å². The van der Waals surface area contributed by atoms with E-state index in [-0.39, 0.29) is 5.56 Å². The zero-order chi connectivity index (χ0) is 14.5. The number of benzene rings is 1. The maximum absolute atomic E-state index is 11.6. The third-order valence-electron chi connectivity index (χ3n) is 2.78. The Morgan fingerprint density at radius 2 is 2.20 bits per heavy atom. The first-order chi connectivity index (χ1) is 9.62. The highest BCUT2D eigenvalue weighted by Gasteiger charge is 2.04. The zero-order valence-electron chi connectivity index (χ0n) is 11.4. The van der Waals surface area contributed by atoms with Crippen molar-refractivity contribution < 1.29 is 0 Å². The molecule has 2 aromatic rings. The van der Waals surface area contributed by atoms with Crippen molar-refractivity contribution in [2.75, 3.05) is 12.4 Å². The van der Waals surface area contributed by atoms with E-state index in [4.69, 9.17) is 12.2 Å². The van der Waals surface area contributed by atoms with E-state index in [1.807, 2.05) is 31.2 Å². The highest BCUT2D eigenvalue weighted by Crippen LogP contribution is 2.18. The molecule has 0 spiro atoms. The molecule has 2 rings (SSSR count). The lowest BCUT2D eigenvalue weighted by molar-refractivity contribution is 0.987. The van der Waals surface area contributed by atoms with Gasteiger partial charge in [0.25, 0.3) is 5.56 Å². The van der Waals surface area contributed by atoms with Gasteiger partial charge >= 0.3 is 0 Å². The van der Waals surface area contributed by atoms with Crippen LogP contribution < -0.4 is 16.2 Å². The van der Waals surface area contributed by atoms with Crippen LogP contribution in [0.5, 0.6) is 0 Å². The number of anilines is 1. The minimum atomic E-state index is -0.143. The lowest BCUT2D eigenvalue weighted by Crippen LogP contribution is -2.24. The quantitative estimate of drug-likeness (QED) is 0.753. The van der Waals surface area contributed by atoms with Gasteiger partial charge in [0.2, 0.25) is 0 Å². The number of hydrogen-bond donors (Lipinski definition) is 3. The third-order valence-corrected chi connectivity index (χ3v) is 3.08. The Bertz CT molecular complexity index is 681. The fourth-order valence-electron chi connectivity index (χ4n) is 1.76. The van der Waals surface area contributed by atoms with Crippen molar-refractivity contribution in [2.24, 2.45) is 0 Å². The molecular weight excluding hydrogens is 272 g/mol. The molecule has 1 heterocycles. The van der Waals surface area contributed by atoms with Crippen LogP contribution in [0.2, 0.25) is 0 Å². The van der Waals surface area contributed by atoms with Crippen LogP contribution in [0.3, 0.4) is 0 Å². The monoisotopic (exact) mass is 288 g/mol. The SMILES string of the molecule is CCc1cc(=O)[nH]c(-c2cccc(NC(=S)NC)c2)n1. The van der Waals surface area contributed by atoms with Crippen LogP contribution in [0.25, 0.3) is 11.4 Å². The molecule has 0 atom stereocenters. The molecule has 0 unspecified atom stereocenters. The maximum atomic E-state index is 11.6. The van der Waals surface area contributed by atoms with E-state index in [9.17, 15) is 4.79 Å². The van der Waals surface area contributed by atoms with Gasteiger partial charge in [-0.15, -0.1) is 0 Å². The van der Waals surface area contributed by atoms with Gasteiger partial charge in [-0.25, -0.2) is 4.98 Å². The highest BCUT2D eigenvalue weighted by molar-refractivity contribution is 7.80. The standard InChI is InChI=1S/C14H16N4OS/c1-3-10-8-12(19)18-13(16-10)9-5-4-6-11(7-9)17-14(20)15-2/h4-8H,3H2,1-2H3,(H2,15,17,20)(H,16,18,19). The van der Waals surface area contributed by atoms with Gasteiger partial charge in [-0.3, -0.25) is 4.79 Å². The molecule has 20 heavy (non-hydrogen) atoms. The molecule has 5 nitrogen and oxygen atoms in total. The minimum Gasteiger partial charge on any atom is -0.366 e. The van der Waals surface area contributed by atoms with Crippen LogP contribution in [0, 0.1) is 0 Å². The number of rotatable bonds is 3. The molecule has 0 radical (unpaired) electrons. The van der Waals surface area contributed by atoms with E-state index in [2.05, 4.69) is 20.6 Å². The number of H-pyrrole nitrogens is 1. The van der Waals surface area contributed by atoms with E-state index >= 15 is 0 Å². The van der Waals surface area contributed by atoms with Gasteiger partial charge in [0.05, 0.1) is 0 Å². The number of nitrogens with zero attached hydrogens (tertiary/aromatic N) is 1. The molecule has 104 valence electrons. The summed E-state index contributed by atoms with van der Waals surface area (Å²) in [4.78, 5) is 18.8. The van der Waals surface area contributed by atoms with Crippen LogP contribution >= 0.6 is 12.2 Å².